The summed E-state index contributed by atoms with van der Waals surface area (Å²) in [6.45, 7) is 11.8. The predicted octanol–water partition coefficient (Wildman–Crippen LogP) is 3.89. The number of halogens is 1. The van der Waals surface area contributed by atoms with Gasteiger partial charge in [-0.25, -0.2) is 9.18 Å². The van der Waals surface area contributed by atoms with Crippen LogP contribution in [0.5, 0.6) is 0 Å². The Bertz CT molecular complexity index is 610. The first kappa shape index (κ1) is 18.2. The third kappa shape index (κ3) is 4.24. The van der Waals surface area contributed by atoms with Crippen molar-refractivity contribution in [1.82, 2.24) is 9.88 Å². The van der Waals surface area contributed by atoms with Gasteiger partial charge in [0.05, 0.1) is 18.8 Å². The minimum atomic E-state index is -1.66. The minimum absolute atomic E-state index is 0.0549. The lowest BCUT2D eigenvalue weighted by Crippen LogP contribution is -2.37. The van der Waals surface area contributed by atoms with Gasteiger partial charge in [0.2, 0.25) is 0 Å². The van der Waals surface area contributed by atoms with Crippen LogP contribution in [0.1, 0.15) is 45.4 Å². The third-order valence-electron chi connectivity index (χ3n) is 3.73. The minimum Gasteiger partial charge on any atom is -0.494 e. The summed E-state index contributed by atoms with van der Waals surface area (Å²) >= 11 is 0. The van der Waals surface area contributed by atoms with Crippen molar-refractivity contribution in [2.75, 3.05) is 19.7 Å². The number of rotatable bonds is 4. The van der Waals surface area contributed by atoms with Gasteiger partial charge in [-0.3, -0.25) is 4.98 Å². The lowest BCUT2D eigenvalue weighted by Gasteiger charge is -2.25. The van der Waals surface area contributed by atoms with Gasteiger partial charge < -0.3 is 14.4 Å². The third-order valence-corrected chi connectivity index (χ3v) is 3.73. The van der Waals surface area contributed by atoms with Gasteiger partial charge in [-0.15, -0.1) is 0 Å². The van der Waals surface area contributed by atoms with Crippen LogP contribution in [-0.2, 0) is 15.1 Å². The summed E-state index contributed by atoms with van der Waals surface area (Å²) < 4.78 is 25.8. The molecule has 0 aliphatic carbocycles. The molecule has 132 valence electrons. The summed E-state index contributed by atoms with van der Waals surface area (Å²) in [7, 11) is 0. The number of amides is 1. The molecule has 1 aromatic heterocycles. The highest BCUT2D eigenvalue weighted by atomic mass is 19.1. The quantitative estimate of drug-likeness (QED) is 0.783. The molecule has 6 heteroatoms. The van der Waals surface area contributed by atoms with Crippen LogP contribution < -0.4 is 0 Å². The van der Waals surface area contributed by atoms with Gasteiger partial charge in [-0.1, -0.05) is 6.58 Å². The molecule has 5 nitrogen and oxygen atoms in total. The molecule has 2 heterocycles. The fourth-order valence-electron chi connectivity index (χ4n) is 2.55. The molecule has 1 amide bonds. The number of pyridine rings is 1. The maximum atomic E-state index is 15.2. The van der Waals surface area contributed by atoms with Gasteiger partial charge in [0, 0.05) is 24.7 Å². The molecule has 0 bridgehead atoms. The number of hydrogen-bond donors (Lipinski definition) is 0. The normalized spacial score (nSPS) is 20.8. The molecule has 1 atom stereocenters. The molecule has 0 N–H and O–H groups in total. The van der Waals surface area contributed by atoms with Crippen LogP contribution in [0.2, 0.25) is 0 Å². The second-order valence-corrected chi connectivity index (χ2v) is 6.91. The van der Waals surface area contributed by atoms with Crippen molar-refractivity contribution in [3.8, 4) is 0 Å². The molecule has 0 spiro atoms. The van der Waals surface area contributed by atoms with Crippen molar-refractivity contribution in [1.29, 1.82) is 0 Å². The molecule has 0 saturated carbocycles. The summed E-state index contributed by atoms with van der Waals surface area (Å²) in [5, 5.41) is 0. The standard InChI is InChI=1S/C18H25FN2O3/c1-6-23-13(2)14-7-8-15(20-11-14)18(19)9-10-21(12-18)16(22)24-17(3,4)5/h7-8,11H,2,6,9-10,12H2,1,3-5H3. The number of carbonyl (C=O) groups excluding carboxylic acids is 1. The van der Waals surface area contributed by atoms with Crippen LogP contribution in [0, 0.1) is 0 Å². The molecule has 1 fully saturated rings. The number of aromatic nitrogens is 1. The number of ether oxygens (including phenoxy) is 2. The lowest BCUT2D eigenvalue weighted by atomic mass is 10.00. The number of likely N-dealkylation sites (tertiary alicyclic amines) is 1. The van der Waals surface area contributed by atoms with E-state index in [2.05, 4.69) is 11.6 Å². The molecular formula is C18H25FN2O3. The van der Waals surface area contributed by atoms with Crippen LogP contribution in [0.4, 0.5) is 9.18 Å². The second kappa shape index (κ2) is 6.79. The van der Waals surface area contributed by atoms with Crippen LogP contribution >= 0.6 is 0 Å². The second-order valence-electron chi connectivity index (χ2n) is 6.91. The summed E-state index contributed by atoms with van der Waals surface area (Å²) in [5.74, 6) is 0.506. The highest BCUT2D eigenvalue weighted by Crippen LogP contribution is 2.35. The van der Waals surface area contributed by atoms with Crippen molar-refractivity contribution < 1.29 is 18.7 Å². The van der Waals surface area contributed by atoms with Crippen LogP contribution in [-0.4, -0.2) is 41.3 Å². The average molecular weight is 336 g/mol. The van der Waals surface area contributed by atoms with Gasteiger partial charge >= 0.3 is 6.09 Å². The summed E-state index contributed by atoms with van der Waals surface area (Å²) in [5.41, 5.74) is -1.24. The molecular weight excluding hydrogens is 311 g/mol. The monoisotopic (exact) mass is 336 g/mol. The predicted molar refractivity (Wildman–Crippen MR) is 90.1 cm³/mol. The van der Waals surface area contributed by atoms with Crippen LogP contribution in [0.25, 0.3) is 5.76 Å². The molecule has 0 aromatic carbocycles. The smallest absolute Gasteiger partial charge is 0.410 e. The number of carbonyl (C=O) groups is 1. The lowest BCUT2D eigenvalue weighted by molar-refractivity contribution is 0.0255. The molecule has 1 saturated heterocycles. The van der Waals surface area contributed by atoms with E-state index in [1.165, 1.54) is 4.90 Å². The average Bonchev–Trinajstić information content (AvgIpc) is 2.90. The Labute approximate surface area is 142 Å². The Morgan fingerprint density at radius 2 is 2.17 bits per heavy atom. The number of nitrogens with zero attached hydrogens (tertiary/aromatic N) is 2. The largest absolute Gasteiger partial charge is 0.494 e. The van der Waals surface area contributed by atoms with Crippen molar-refractivity contribution in [2.45, 2.75) is 45.4 Å². The Morgan fingerprint density at radius 3 is 2.71 bits per heavy atom. The fraction of sp³-hybridized carbons (Fsp3) is 0.556. The zero-order chi connectivity index (χ0) is 18.0. The first-order valence-electron chi connectivity index (χ1n) is 8.10. The maximum absolute atomic E-state index is 15.2. The van der Waals surface area contributed by atoms with Crippen molar-refractivity contribution in [3.63, 3.8) is 0 Å². The van der Waals surface area contributed by atoms with Gasteiger partial charge in [0.1, 0.15) is 11.4 Å². The highest BCUT2D eigenvalue weighted by Gasteiger charge is 2.44. The summed E-state index contributed by atoms with van der Waals surface area (Å²) in [4.78, 5) is 17.7. The van der Waals surface area contributed by atoms with E-state index in [1.54, 1.807) is 39.1 Å². The zero-order valence-electron chi connectivity index (χ0n) is 14.8. The van der Waals surface area contributed by atoms with Gasteiger partial charge in [-0.2, -0.15) is 0 Å². The summed E-state index contributed by atoms with van der Waals surface area (Å²) in [6.07, 6.45) is 1.25. The number of alkyl halides is 1. The van der Waals surface area contributed by atoms with Crippen molar-refractivity contribution >= 4 is 11.9 Å². The Kier molecular flexibility index (Phi) is 5.16. The van der Waals surface area contributed by atoms with E-state index < -0.39 is 17.4 Å². The van der Waals surface area contributed by atoms with E-state index in [-0.39, 0.29) is 13.0 Å². The first-order chi connectivity index (χ1) is 11.1. The molecule has 1 aliphatic rings. The topological polar surface area (TPSA) is 51.7 Å². The zero-order valence-corrected chi connectivity index (χ0v) is 14.8. The maximum Gasteiger partial charge on any atom is 0.410 e. The van der Waals surface area contributed by atoms with E-state index in [0.717, 1.165) is 0 Å². The molecule has 0 radical (unpaired) electrons. The van der Waals surface area contributed by atoms with E-state index in [9.17, 15) is 4.79 Å². The Hall–Kier alpha value is -2.11. The molecule has 1 unspecified atom stereocenters. The van der Waals surface area contributed by atoms with E-state index in [1.807, 2.05) is 6.92 Å². The van der Waals surface area contributed by atoms with Gasteiger partial charge in [0.15, 0.2) is 5.67 Å². The van der Waals surface area contributed by atoms with Crippen molar-refractivity contribution in [3.05, 3.63) is 36.2 Å². The van der Waals surface area contributed by atoms with Gasteiger partial charge in [-0.05, 0) is 39.8 Å². The molecule has 1 aromatic rings. The Morgan fingerprint density at radius 1 is 1.46 bits per heavy atom. The molecule has 24 heavy (non-hydrogen) atoms. The number of hydrogen-bond acceptors (Lipinski definition) is 4. The fourth-order valence-corrected chi connectivity index (χ4v) is 2.55. The van der Waals surface area contributed by atoms with E-state index >= 15 is 4.39 Å². The molecule has 1 aliphatic heterocycles. The van der Waals surface area contributed by atoms with E-state index in [0.29, 0.717) is 30.2 Å². The van der Waals surface area contributed by atoms with Gasteiger partial charge in [0.25, 0.3) is 0 Å². The Balaban J connectivity index is 2.07. The van der Waals surface area contributed by atoms with E-state index in [4.69, 9.17) is 9.47 Å². The van der Waals surface area contributed by atoms with Crippen LogP contribution in [0.3, 0.4) is 0 Å². The van der Waals surface area contributed by atoms with Crippen LogP contribution in [0.15, 0.2) is 24.9 Å². The summed E-state index contributed by atoms with van der Waals surface area (Å²) in [6, 6.07) is 3.36. The SMILES string of the molecule is C=C(OCC)c1ccc(C2(F)CCN(C(=O)OC(C)(C)C)C2)nc1. The molecule has 2 rings (SSSR count). The highest BCUT2D eigenvalue weighted by molar-refractivity contribution is 5.68. The first-order valence-corrected chi connectivity index (χ1v) is 8.10. The van der Waals surface area contributed by atoms with Crippen molar-refractivity contribution in [2.24, 2.45) is 0 Å².